The molecule has 112 valence electrons. The molecule has 3 nitrogen and oxygen atoms in total. The van der Waals surface area contributed by atoms with Crippen LogP contribution >= 0.6 is 50.1 Å². The van der Waals surface area contributed by atoms with Crippen LogP contribution in [-0.2, 0) is 5.41 Å². The minimum atomic E-state index is -0.0521. The molecule has 0 unspecified atom stereocenters. The van der Waals surface area contributed by atoms with Crippen molar-refractivity contribution in [2.24, 2.45) is 0 Å². The van der Waals surface area contributed by atoms with Gasteiger partial charge in [-0.1, -0.05) is 32.4 Å². The summed E-state index contributed by atoms with van der Waals surface area (Å²) in [4.78, 5) is 9.38. The number of hydrogen-bond acceptors (Lipinski definition) is 3. The zero-order chi connectivity index (χ0) is 15.8. The number of nitrogens with one attached hydrogen (secondary N) is 1. The van der Waals surface area contributed by atoms with Crippen LogP contribution < -0.4 is 5.32 Å². The molecule has 2 aromatic rings. The Balaban J connectivity index is 2.66. The van der Waals surface area contributed by atoms with Crippen LogP contribution in [0.1, 0.15) is 26.5 Å². The highest BCUT2D eigenvalue weighted by atomic mass is 127. The van der Waals surface area contributed by atoms with Crippen LogP contribution in [0.3, 0.4) is 0 Å². The Morgan fingerprint density at radius 2 is 1.90 bits per heavy atom. The molecule has 1 heterocycles. The van der Waals surface area contributed by atoms with Gasteiger partial charge in [-0.2, -0.15) is 0 Å². The maximum Gasteiger partial charge on any atom is 0.161 e. The summed E-state index contributed by atoms with van der Waals surface area (Å²) in [5.74, 6) is 1.54. The minimum absolute atomic E-state index is 0.0521. The Morgan fingerprint density at radius 3 is 2.43 bits per heavy atom. The van der Waals surface area contributed by atoms with E-state index in [1.54, 1.807) is 0 Å². The fraction of sp³-hybridized carbons (Fsp3) is 0.333. The second-order valence-electron chi connectivity index (χ2n) is 5.69. The van der Waals surface area contributed by atoms with Gasteiger partial charge in [-0.05, 0) is 56.7 Å². The van der Waals surface area contributed by atoms with Gasteiger partial charge in [-0.3, -0.25) is 0 Å². The molecule has 0 aliphatic heterocycles. The molecule has 0 saturated carbocycles. The summed E-state index contributed by atoms with van der Waals surface area (Å²) in [6.45, 7) is 6.45. The molecule has 1 N–H and O–H groups in total. The summed E-state index contributed by atoms with van der Waals surface area (Å²) in [5.41, 5.74) is 1.91. The number of benzene rings is 1. The second-order valence-corrected chi connectivity index (χ2v) is 8.03. The maximum absolute atomic E-state index is 6.05. The first-order chi connectivity index (χ1) is 9.74. The predicted octanol–water partition coefficient (Wildman–Crippen LogP) is 5.50. The molecule has 0 aliphatic carbocycles. The van der Waals surface area contributed by atoms with Gasteiger partial charge >= 0.3 is 0 Å². The van der Waals surface area contributed by atoms with Crippen molar-refractivity contribution in [2.45, 2.75) is 26.2 Å². The van der Waals surface area contributed by atoms with E-state index in [4.69, 9.17) is 16.6 Å². The lowest BCUT2D eigenvalue weighted by molar-refractivity contribution is 0.564. The Labute approximate surface area is 152 Å². The molecule has 1 aromatic heterocycles. The van der Waals surface area contributed by atoms with Crippen LogP contribution in [0.25, 0.3) is 11.4 Å². The third kappa shape index (κ3) is 3.68. The summed E-state index contributed by atoms with van der Waals surface area (Å²) >= 11 is 11.8. The van der Waals surface area contributed by atoms with Crippen LogP contribution in [0.15, 0.2) is 22.7 Å². The smallest absolute Gasteiger partial charge is 0.161 e. The molecule has 0 spiro atoms. The summed E-state index contributed by atoms with van der Waals surface area (Å²) < 4.78 is 1.89. The zero-order valence-electron chi connectivity index (χ0n) is 12.3. The Hall–Kier alpha value is -0.400. The van der Waals surface area contributed by atoms with E-state index in [1.807, 2.05) is 25.2 Å². The molecular formula is C15H16BrClIN3. The number of rotatable bonds is 2. The van der Waals surface area contributed by atoms with Gasteiger partial charge in [0.2, 0.25) is 0 Å². The molecule has 0 radical (unpaired) electrons. The quantitative estimate of drug-likeness (QED) is 0.577. The normalized spacial score (nSPS) is 11.6. The van der Waals surface area contributed by atoms with Crippen molar-refractivity contribution in [2.75, 3.05) is 12.4 Å². The maximum atomic E-state index is 6.05. The summed E-state index contributed by atoms with van der Waals surface area (Å²) in [5, 5.41) is 3.82. The monoisotopic (exact) mass is 479 g/mol. The molecule has 21 heavy (non-hydrogen) atoms. The topological polar surface area (TPSA) is 37.8 Å². The van der Waals surface area contributed by atoms with Crippen LogP contribution in [0.2, 0.25) is 5.02 Å². The Morgan fingerprint density at radius 1 is 1.24 bits per heavy atom. The number of anilines is 1. The molecule has 0 fully saturated rings. The minimum Gasteiger partial charge on any atom is -0.372 e. The lowest BCUT2D eigenvalue weighted by Crippen LogP contribution is -2.18. The van der Waals surface area contributed by atoms with E-state index in [2.05, 4.69) is 69.6 Å². The SMILES string of the molecule is CNc1nc(-c2ccc(Cl)c(Br)c2)nc(C(C)(C)C)c1I. The number of aromatic nitrogens is 2. The lowest BCUT2D eigenvalue weighted by Gasteiger charge is -2.21. The van der Waals surface area contributed by atoms with Crippen molar-refractivity contribution >= 4 is 55.9 Å². The van der Waals surface area contributed by atoms with Gasteiger partial charge in [0, 0.05) is 22.5 Å². The number of nitrogens with zero attached hydrogens (tertiary/aromatic N) is 2. The van der Waals surface area contributed by atoms with E-state index in [-0.39, 0.29) is 5.41 Å². The van der Waals surface area contributed by atoms with Crippen molar-refractivity contribution in [1.82, 2.24) is 9.97 Å². The molecule has 0 bridgehead atoms. The molecule has 0 saturated heterocycles. The fourth-order valence-electron chi connectivity index (χ4n) is 1.87. The standard InChI is InChI=1S/C15H16BrClIN3/c1-15(2,3)12-11(18)14(19-4)21-13(20-12)8-5-6-10(17)9(16)7-8/h5-7H,1-4H3,(H,19,20,21). The number of halogens is 3. The van der Waals surface area contributed by atoms with Gasteiger partial charge in [0.1, 0.15) is 5.82 Å². The highest BCUT2D eigenvalue weighted by molar-refractivity contribution is 14.1. The van der Waals surface area contributed by atoms with E-state index in [9.17, 15) is 0 Å². The molecule has 0 aliphatic rings. The predicted molar refractivity (Wildman–Crippen MR) is 101 cm³/mol. The fourth-order valence-corrected chi connectivity index (χ4v) is 3.69. The van der Waals surface area contributed by atoms with E-state index >= 15 is 0 Å². The summed E-state index contributed by atoms with van der Waals surface area (Å²) in [7, 11) is 1.87. The summed E-state index contributed by atoms with van der Waals surface area (Å²) in [6, 6.07) is 5.72. The lowest BCUT2D eigenvalue weighted by atomic mass is 9.91. The molecule has 1 aromatic carbocycles. The number of hydrogen-bond donors (Lipinski definition) is 1. The third-order valence-electron chi connectivity index (χ3n) is 2.98. The van der Waals surface area contributed by atoms with Gasteiger partial charge < -0.3 is 5.32 Å². The first kappa shape index (κ1) is 17.0. The molecule has 6 heteroatoms. The Kier molecular flexibility index (Phi) is 5.15. The van der Waals surface area contributed by atoms with Gasteiger partial charge in [-0.25, -0.2) is 9.97 Å². The van der Waals surface area contributed by atoms with Gasteiger partial charge in [0.25, 0.3) is 0 Å². The van der Waals surface area contributed by atoms with E-state index in [0.717, 1.165) is 25.1 Å². The van der Waals surface area contributed by atoms with Crippen LogP contribution in [0, 0.1) is 3.57 Å². The third-order valence-corrected chi connectivity index (χ3v) is 5.21. The van der Waals surface area contributed by atoms with Gasteiger partial charge in [0.05, 0.1) is 14.3 Å². The van der Waals surface area contributed by atoms with E-state index in [0.29, 0.717) is 10.8 Å². The second kappa shape index (κ2) is 6.38. The van der Waals surface area contributed by atoms with Crippen LogP contribution in [0.5, 0.6) is 0 Å². The van der Waals surface area contributed by atoms with Crippen LogP contribution in [-0.4, -0.2) is 17.0 Å². The first-order valence-corrected chi connectivity index (χ1v) is 8.70. The van der Waals surface area contributed by atoms with Gasteiger partial charge in [0.15, 0.2) is 5.82 Å². The first-order valence-electron chi connectivity index (χ1n) is 6.45. The summed E-state index contributed by atoms with van der Waals surface area (Å²) in [6.07, 6.45) is 0. The molecular weight excluding hydrogens is 464 g/mol. The van der Waals surface area contributed by atoms with Gasteiger partial charge in [-0.15, -0.1) is 0 Å². The highest BCUT2D eigenvalue weighted by Crippen LogP contribution is 2.33. The molecule has 0 amide bonds. The van der Waals surface area contributed by atoms with Crippen molar-refractivity contribution in [3.8, 4) is 11.4 Å². The van der Waals surface area contributed by atoms with Crippen molar-refractivity contribution in [3.63, 3.8) is 0 Å². The van der Waals surface area contributed by atoms with Crippen molar-refractivity contribution < 1.29 is 0 Å². The van der Waals surface area contributed by atoms with Crippen molar-refractivity contribution in [3.05, 3.63) is 37.0 Å². The van der Waals surface area contributed by atoms with Crippen molar-refractivity contribution in [1.29, 1.82) is 0 Å². The van der Waals surface area contributed by atoms with E-state index in [1.165, 1.54) is 0 Å². The van der Waals surface area contributed by atoms with Crippen LogP contribution in [0.4, 0.5) is 5.82 Å². The zero-order valence-corrected chi connectivity index (χ0v) is 16.8. The highest BCUT2D eigenvalue weighted by Gasteiger charge is 2.23. The Bertz CT molecular complexity index is 683. The van der Waals surface area contributed by atoms with E-state index < -0.39 is 0 Å². The average molecular weight is 481 g/mol. The largest absolute Gasteiger partial charge is 0.372 e. The average Bonchev–Trinajstić information content (AvgIpc) is 2.41. The molecule has 0 atom stereocenters. The molecule has 2 rings (SSSR count).